The fraction of sp³-hybridized carbons (Fsp3) is 0.364. The zero-order valence-corrected chi connectivity index (χ0v) is 12.7. The number of rotatable bonds is 2. The monoisotopic (exact) mass is 323 g/mol. The first-order valence-electron chi connectivity index (χ1n) is 5.52. The molecule has 0 heterocycles. The molecular formula is C11H15ClFN3O3S. The number of hydrogen-bond donors (Lipinski definition) is 3. The molecular weight excluding hydrogens is 309 g/mol. The van der Waals surface area contributed by atoms with Crippen LogP contribution < -0.4 is 15.8 Å². The summed E-state index contributed by atoms with van der Waals surface area (Å²) in [5, 5.41) is 2.05. The number of amides is 2. The molecule has 4 N–H and O–H groups in total. The fourth-order valence-electron chi connectivity index (χ4n) is 1.29. The van der Waals surface area contributed by atoms with E-state index in [0.29, 0.717) is 0 Å². The summed E-state index contributed by atoms with van der Waals surface area (Å²) in [7, 11) is -4.24. The van der Waals surface area contributed by atoms with Crippen LogP contribution >= 0.6 is 11.6 Å². The molecule has 0 radical (unpaired) electrons. The van der Waals surface area contributed by atoms with Gasteiger partial charge < -0.3 is 11.1 Å². The van der Waals surface area contributed by atoms with Gasteiger partial charge in [0.05, 0.1) is 10.7 Å². The maximum absolute atomic E-state index is 13.1. The van der Waals surface area contributed by atoms with Gasteiger partial charge in [0.15, 0.2) is 0 Å². The molecule has 0 aliphatic rings. The number of nitrogens with one attached hydrogen (secondary N) is 2. The first-order valence-corrected chi connectivity index (χ1v) is 7.38. The number of urea groups is 1. The molecule has 0 aliphatic heterocycles. The lowest BCUT2D eigenvalue weighted by Crippen LogP contribution is -2.48. The fourth-order valence-corrected chi connectivity index (χ4v) is 2.75. The van der Waals surface area contributed by atoms with Gasteiger partial charge in [-0.2, -0.15) is 0 Å². The highest BCUT2D eigenvalue weighted by Gasteiger charge is 2.24. The van der Waals surface area contributed by atoms with Crippen LogP contribution in [0, 0.1) is 5.82 Å². The lowest BCUT2D eigenvalue weighted by molar-refractivity contribution is 0.237. The third-order valence-corrected chi connectivity index (χ3v) is 3.85. The van der Waals surface area contributed by atoms with Crippen molar-refractivity contribution in [3.05, 3.63) is 23.0 Å². The zero-order valence-electron chi connectivity index (χ0n) is 11.1. The van der Waals surface area contributed by atoms with Crippen LogP contribution in [0.2, 0.25) is 5.02 Å². The number of carbonyl (C=O) groups is 1. The Morgan fingerprint density at radius 2 is 1.90 bits per heavy atom. The van der Waals surface area contributed by atoms with Crippen molar-refractivity contribution < 1.29 is 17.6 Å². The minimum Gasteiger partial charge on any atom is -0.396 e. The average molecular weight is 324 g/mol. The van der Waals surface area contributed by atoms with Gasteiger partial charge in [0, 0.05) is 5.54 Å². The van der Waals surface area contributed by atoms with E-state index in [2.05, 4.69) is 5.32 Å². The van der Waals surface area contributed by atoms with Gasteiger partial charge in [-0.05, 0) is 32.9 Å². The Labute approximate surface area is 121 Å². The van der Waals surface area contributed by atoms with Gasteiger partial charge in [-0.25, -0.2) is 22.3 Å². The molecule has 6 nitrogen and oxygen atoms in total. The van der Waals surface area contributed by atoms with Crippen LogP contribution in [0.15, 0.2) is 17.0 Å². The van der Waals surface area contributed by atoms with Crippen molar-refractivity contribution in [2.45, 2.75) is 31.2 Å². The van der Waals surface area contributed by atoms with Gasteiger partial charge >= 0.3 is 6.03 Å². The van der Waals surface area contributed by atoms with E-state index < -0.39 is 32.3 Å². The van der Waals surface area contributed by atoms with Crippen LogP contribution in [-0.4, -0.2) is 20.0 Å². The summed E-state index contributed by atoms with van der Waals surface area (Å²) in [5.41, 5.74) is 4.29. The van der Waals surface area contributed by atoms with Crippen LogP contribution in [-0.2, 0) is 10.0 Å². The molecule has 1 rings (SSSR count). The van der Waals surface area contributed by atoms with E-state index in [0.717, 1.165) is 12.1 Å². The Balaban J connectivity index is 3.07. The van der Waals surface area contributed by atoms with Crippen LogP contribution in [0.5, 0.6) is 0 Å². The summed E-state index contributed by atoms with van der Waals surface area (Å²) >= 11 is 5.66. The molecule has 0 aliphatic carbocycles. The molecule has 2 amide bonds. The molecule has 0 spiro atoms. The maximum atomic E-state index is 13.1. The van der Waals surface area contributed by atoms with Crippen molar-refractivity contribution in [2.75, 3.05) is 5.73 Å². The number of benzene rings is 1. The molecule has 9 heteroatoms. The summed E-state index contributed by atoms with van der Waals surface area (Å²) < 4.78 is 38.9. The Kier molecular flexibility index (Phi) is 4.50. The SMILES string of the molecule is CC(C)(C)NC(=O)NS(=O)(=O)c1cc(N)c(F)cc1Cl. The Morgan fingerprint density at radius 1 is 1.35 bits per heavy atom. The Bertz CT molecular complexity index is 641. The molecule has 0 atom stereocenters. The van der Waals surface area contributed by atoms with Crippen molar-refractivity contribution in [2.24, 2.45) is 0 Å². The van der Waals surface area contributed by atoms with Crippen LogP contribution in [0.25, 0.3) is 0 Å². The van der Waals surface area contributed by atoms with Crippen molar-refractivity contribution in [3.8, 4) is 0 Å². The molecule has 1 aromatic carbocycles. The number of nitrogen functional groups attached to an aromatic ring is 1. The van der Waals surface area contributed by atoms with Crippen LogP contribution in [0.1, 0.15) is 20.8 Å². The molecule has 0 fully saturated rings. The second-order valence-corrected chi connectivity index (χ2v) is 7.17. The predicted molar refractivity (Wildman–Crippen MR) is 74.4 cm³/mol. The van der Waals surface area contributed by atoms with E-state index >= 15 is 0 Å². The molecule has 20 heavy (non-hydrogen) atoms. The Hall–Kier alpha value is -1.54. The largest absolute Gasteiger partial charge is 0.396 e. The topological polar surface area (TPSA) is 101 Å². The molecule has 0 unspecified atom stereocenters. The summed E-state index contributed by atoms with van der Waals surface area (Å²) in [6, 6.07) is 0.703. The highest BCUT2D eigenvalue weighted by Crippen LogP contribution is 2.26. The Morgan fingerprint density at radius 3 is 2.40 bits per heavy atom. The molecule has 0 bridgehead atoms. The molecule has 0 aromatic heterocycles. The van der Waals surface area contributed by atoms with E-state index in [1.807, 2.05) is 0 Å². The maximum Gasteiger partial charge on any atom is 0.329 e. The summed E-state index contributed by atoms with van der Waals surface area (Å²) in [4.78, 5) is 11.1. The molecule has 0 saturated heterocycles. The minimum atomic E-state index is -4.24. The minimum absolute atomic E-state index is 0.368. The van der Waals surface area contributed by atoms with Crippen molar-refractivity contribution in [1.82, 2.24) is 10.0 Å². The number of carbonyl (C=O) groups excluding carboxylic acids is 1. The van der Waals surface area contributed by atoms with E-state index in [1.165, 1.54) is 0 Å². The number of anilines is 1. The van der Waals surface area contributed by atoms with E-state index in [9.17, 15) is 17.6 Å². The van der Waals surface area contributed by atoms with Gasteiger partial charge in [-0.15, -0.1) is 0 Å². The quantitative estimate of drug-likeness (QED) is 0.723. The third kappa shape index (κ3) is 4.24. The van der Waals surface area contributed by atoms with Crippen LogP contribution in [0.3, 0.4) is 0 Å². The predicted octanol–water partition coefficient (Wildman–Crippen LogP) is 1.85. The van der Waals surface area contributed by atoms with Gasteiger partial charge in [-0.1, -0.05) is 11.6 Å². The standard InChI is InChI=1S/C11H15ClFN3O3S/c1-11(2,3)15-10(17)16-20(18,19)9-5-8(14)7(13)4-6(9)12/h4-5H,14H2,1-3H3,(H2,15,16,17). The van der Waals surface area contributed by atoms with E-state index in [-0.39, 0.29) is 10.7 Å². The van der Waals surface area contributed by atoms with Crippen molar-refractivity contribution in [1.29, 1.82) is 0 Å². The first kappa shape index (κ1) is 16.5. The summed E-state index contributed by atoms with van der Waals surface area (Å²) in [6.07, 6.45) is 0. The van der Waals surface area contributed by atoms with Crippen LogP contribution in [0.4, 0.5) is 14.9 Å². The number of nitrogens with two attached hydrogens (primary N) is 1. The van der Waals surface area contributed by atoms with Gasteiger partial charge in [-0.3, -0.25) is 0 Å². The highest BCUT2D eigenvalue weighted by atomic mass is 35.5. The second-order valence-electron chi connectivity index (χ2n) is 5.11. The second kappa shape index (κ2) is 5.45. The van der Waals surface area contributed by atoms with Gasteiger partial charge in [0.25, 0.3) is 10.0 Å². The van der Waals surface area contributed by atoms with Crippen molar-refractivity contribution >= 4 is 33.3 Å². The van der Waals surface area contributed by atoms with Gasteiger partial charge in [0.1, 0.15) is 10.7 Å². The molecule has 1 aromatic rings. The highest BCUT2D eigenvalue weighted by molar-refractivity contribution is 7.90. The molecule has 0 saturated carbocycles. The number of halogens is 2. The molecule has 112 valence electrons. The van der Waals surface area contributed by atoms with Crippen molar-refractivity contribution in [3.63, 3.8) is 0 Å². The summed E-state index contributed by atoms with van der Waals surface area (Å²) in [5.74, 6) is -0.840. The smallest absolute Gasteiger partial charge is 0.329 e. The lowest BCUT2D eigenvalue weighted by atomic mass is 10.1. The normalized spacial score (nSPS) is 12.1. The average Bonchev–Trinajstić information content (AvgIpc) is 2.19. The van der Waals surface area contributed by atoms with E-state index in [1.54, 1.807) is 25.5 Å². The zero-order chi connectivity index (χ0) is 15.7. The van der Waals surface area contributed by atoms with E-state index in [4.69, 9.17) is 17.3 Å². The number of hydrogen-bond acceptors (Lipinski definition) is 4. The number of sulfonamides is 1. The summed E-state index contributed by atoms with van der Waals surface area (Å²) in [6.45, 7) is 5.05. The first-order chi connectivity index (χ1) is 8.92. The lowest BCUT2D eigenvalue weighted by Gasteiger charge is -2.20. The third-order valence-electron chi connectivity index (χ3n) is 2.06. The van der Waals surface area contributed by atoms with Gasteiger partial charge in [0.2, 0.25) is 0 Å².